The van der Waals surface area contributed by atoms with Crippen molar-refractivity contribution in [1.29, 1.82) is 0 Å². The predicted molar refractivity (Wildman–Crippen MR) is 98.3 cm³/mol. The maximum atomic E-state index is 11.2. The molecule has 1 heterocycles. The summed E-state index contributed by atoms with van der Waals surface area (Å²) in [6.07, 6.45) is 5.39. The van der Waals surface area contributed by atoms with Crippen LogP contribution in [0.15, 0.2) is 53.0 Å². The molecule has 0 spiro atoms. The second-order valence-electron chi connectivity index (χ2n) is 6.51. The van der Waals surface area contributed by atoms with Gasteiger partial charge in [-0.2, -0.15) is 0 Å². The van der Waals surface area contributed by atoms with Gasteiger partial charge in [-0.25, -0.2) is 0 Å². The van der Waals surface area contributed by atoms with Crippen LogP contribution in [0.4, 0.5) is 11.4 Å². The maximum absolute atomic E-state index is 11.2. The van der Waals surface area contributed by atoms with Crippen molar-refractivity contribution in [3.05, 3.63) is 79.8 Å². The molecule has 2 aromatic rings. The smallest absolute Gasteiger partial charge is 0.270 e. The van der Waals surface area contributed by atoms with Crippen LogP contribution in [-0.4, -0.2) is 4.92 Å². The first-order valence-corrected chi connectivity index (χ1v) is 8.81. The Hall–Kier alpha value is -2.14. The normalized spacial score (nSPS) is 24.2. The molecule has 0 radical (unpaired) electrons. The molecule has 0 saturated carbocycles. The number of non-ortho nitro benzene ring substituents is 1. The number of nitro benzene ring substituents is 1. The minimum absolute atomic E-state index is 0.175. The van der Waals surface area contributed by atoms with Crippen LogP contribution < -0.4 is 5.32 Å². The first kappa shape index (κ1) is 15.4. The Bertz CT molecular complexity index is 845. The van der Waals surface area contributed by atoms with E-state index in [-0.39, 0.29) is 22.6 Å². The molecule has 1 N–H and O–H groups in total. The lowest BCUT2D eigenvalue weighted by Crippen LogP contribution is -2.29. The Labute approximate surface area is 148 Å². The molecule has 5 heteroatoms. The molecule has 24 heavy (non-hydrogen) atoms. The lowest BCUT2D eigenvalue weighted by atomic mass is 9.76. The molecule has 1 aliphatic carbocycles. The van der Waals surface area contributed by atoms with Gasteiger partial charge in [-0.1, -0.05) is 40.2 Å². The number of rotatable bonds is 2. The average Bonchev–Trinajstić information content (AvgIpc) is 3.05. The molecular formula is C19H17BrN2O2. The van der Waals surface area contributed by atoms with Crippen molar-refractivity contribution in [3.8, 4) is 0 Å². The van der Waals surface area contributed by atoms with E-state index < -0.39 is 0 Å². The average molecular weight is 385 g/mol. The van der Waals surface area contributed by atoms with Crippen LogP contribution in [0.2, 0.25) is 0 Å². The minimum Gasteiger partial charge on any atom is -0.377 e. The van der Waals surface area contributed by atoms with Crippen molar-refractivity contribution in [2.24, 2.45) is 5.92 Å². The number of aryl methyl sites for hydroxylation is 1. The Balaban J connectivity index is 1.82. The van der Waals surface area contributed by atoms with Crippen molar-refractivity contribution < 1.29 is 4.92 Å². The minimum atomic E-state index is -0.304. The molecule has 3 unspecified atom stereocenters. The van der Waals surface area contributed by atoms with Crippen molar-refractivity contribution in [1.82, 2.24) is 0 Å². The maximum Gasteiger partial charge on any atom is 0.270 e. The standard InChI is InChI=1S/C19H17BrN2O2/c1-11-9-14(22(23)24)10-17-15-3-2-4-16(15)19(21-18(11)17)12-5-7-13(20)8-6-12/h2-3,5-10,15-16,19,21H,4H2,1H3. The first-order valence-electron chi connectivity index (χ1n) is 8.02. The first-order chi connectivity index (χ1) is 11.5. The number of hydrogen-bond acceptors (Lipinski definition) is 3. The van der Waals surface area contributed by atoms with Gasteiger partial charge in [0.05, 0.1) is 11.0 Å². The van der Waals surface area contributed by atoms with E-state index in [9.17, 15) is 10.1 Å². The van der Waals surface area contributed by atoms with Crippen molar-refractivity contribution in [3.63, 3.8) is 0 Å². The fourth-order valence-electron chi connectivity index (χ4n) is 3.97. The SMILES string of the molecule is Cc1cc([N+](=O)[O-])cc2c1NC(c1ccc(Br)cc1)C1CC=CC21. The molecule has 0 fully saturated rings. The second kappa shape index (κ2) is 5.74. The number of halogens is 1. The Kier molecular flexibility index (Phi) is 3.68. The van der Waals surface area contributed by atoms with Gasteiger partial charge in [-0.3, -0.25) is 10.1 Å². The number of anilines is 1. The third-order valence-electron chi connectivity index (χ3n) is 5.09. The van der Waals surface area contributed by atoms with Crippen LogP contribution in [0.1, 0.15) is 35.1 Å². The van der Waals surface area contributed by atoms with E-state index in [2.05, 4.69) is 57.7 Å². The summed E-state index contributed by atoms with van der Waals surface area (Å²) in [5.74, 6) is 0.619. The molecular weight excluding hydrogens is 368 g/mol. The number of nitrogens with zero attached hydrogens (tertiary/aromatic N) is 1. The van der Waals surface area contributed by atoms with E-state index in [4.69, 9.17) is 0 Å². The summed E-state index contributed by atoms with van der Waals surface area (Å²) in [4.78, 5) is 10.9. The third kappa shape index (κ3) is 2.44. The summed E-state index contributed by atoms with van der Waals surface area (Å²) in [6.45, 7) is 1.94. The predicted octanol–water partition coefficient (Wildman–Crippen LogP) is 5.49. The molecule has 0 saturated heterocycles. The van der Waals surface area contributed by atoms with Gasteiger partial charge in [-0.05, 0) is 48.1 Å². The highest BCUT2D eigenvalue weighted by molar-refractivity contribution is 9.10. The molecule has 4 rings (SSSR count). The van der Waals surface area contributed by atoms with E-state index in [1.165, 1.54) is 5.56 Å². The molecule has 4 nitrogen and oxygen atoms in total. The number of allylic oxidation sites excluding steroid dienone is 2. The molecule has 0 aromatic heterocycles. The van der Waals surface area contributed by atoms with Gasteiger partial charge in [0.15, 0.2) is 0 Å². The molecule has 3 atom stereocenters. The van der Waals surface area contributed by atoms with E-state index in [1.807, 2.05) is 6.92 Å². The van der Waals surface area contributed by atoms with Crippen molar-refractivity contribution >= 4 is 27.3 Å². The van der Waals surface area contributed by atoms with Crippen LogP contribution in [0, 0.1) is 23.0 Å². The van der Waals surface area contributed by atoms with E-state index >= 15 is 0 Å². The molecule has 0 bridgehead atoms. The molecule has 2 aliphatic rings. The van der Waals surface area contributed by atoms with Gasteiger partial charge in [0, 0.05) is 28.2 Å². The van der Waals surface area contributed by atoms with Gasteiger partial charge in [0.1, 0.15) is 0 Å². The topological polar surface area (TPSA) is 55.2 Å². The fourth-order valence-corrected chi connectivity index (χ4v) is 4.24. The summed E-state index contributed by atoms with van der Waals surface area (Å²) >= 11 is 3.49. The quantitative estimate of drug-likeness (QED) is 0.422. The lowest BCUT2D eigenvalue weighted by molar-refractivity contribution is -0.385. The van der Waals surface area contributed by atoms with Crippen molar-refractivity contribution in [2.45, 2.75) is 25.3 Å². The lowest BCUT2D eigenvalue weighted by Gasteiger charge is -2.38. The number of hydrogen-bond donors (Lipinski definition) is 1. The summed E-state index contributed by atoms with van der Waals surface area (Å²) in [6, 6.07) is 12.0. The Morgan fingerprint density at radius 1 is 1.25 bits per heavy atom. The Morgan fingerprint density at radius 2 is 2.00 bits per heavy atom. The molecule has 122 valence electrons. The Morgan fingerprint density at radius 3 is 2.71 bits per heavy atom. The highest BCUT2D eigenvalue weighted by Gasteiger charge is 2.39. The van der Waals surface area contributed by atoms with Crippen LogP contribution in [0.25, 0.3) is 0 Å². The molecule has 2 aromatic carbocycles. The van der Waals surface area contributed by atoms with Crippen LogP contribution in [0.3, 0.4) is 0 Å². The van der Waals surface area contributed by atoms with E-state index in [0.717, 1.165) is 27.7 Å². The van der Waals surface area contributed by atoms with Gasteiger partial charge in [0.2, 0.25) is 0 Å². The summed E-state index contributed by atoms with van der Waals surface area (Å²) in [5.41, 5.74) is 4.45. The van der Waals surface area contributed by atoms with Crippen molar-refractivity contribution in [2.75, 3.05) is 5.32 Å². The van der Waals surface area contributed by atoms with Gasteiger partial charge in [-0.15, -0.1) is 0 Å². The third-order valence-corrected chi connectivity index (χ3v) is 5.62. The summed E-state index contributed by atoms with van der Waals surface area (Å²) in [5, 5.41) is 14.9. The monoisotopic (exact) mass is 384 g/mol. The fraction of sp³-hybridized carbons (Fsp3) is 0.263. The number of fused-ring (bicyclic) bond motifs is 3. The zero-order valence-corrected chi connectivity index (χ0v) is 14.8. The summed E-state index contributed by atoms with van der Waals surface area (Å²) in [7, 11) is 0. The van der Waals surface area contributed by atoms with Crippen LogP contribution >= 0.6 is 15.9 Å². The van der Waals surface area contributed by atoms with Crippen LogP contribution in [-0.2, 0) is 0 Å². The highest BCUT2D eigenvalue weighted by Crippen LogP contribution is 2.51. The van der Waals surface area contributed by atoms with Gasteiger partial charge < -0.3 is 5.32 Å². The molecule has 1 aliphatic heterocycles. The zero-order valence-electron chi connectivity index (χ0n) is 13.2. The second-order valence-corrected chi connectivity index (χ2v) is 7.43. The molecule has 0 amide bonds. The number of nitrogens with one attached hydrogen (secondary N) is 1. The van der Waals surface area contributed by atoms with Crippen LogP contribution in [0.5, 0.6) is 0 Å². The zero-order chi connectivity index (χ0) is 16.8. The largest absolute Gasteiger partial charge is 0.377 e. The number of nitro groups is 1. The number of benzene rings is 2. The highest BCUT2D eigenvalue weighted by atomic mass is 79.9. The summed E-state index contributed by atoms with van der Waals surface area (Å²) < 4.78 is 1.07. The van der Waals surface area contributed by atoms with E-state index in [0.29, 0.717) is 5.92 Å². The van der Waals surface area contributed by atoms with Gasteiger partial charge in [0.25, 0.3) is 5.69 Å². The van der Waals surface area contributed by atoms with Gasteiger partial charge >= 0.3 is 0 Å². The van der Waals surface area contributed by atoms with E-state index in [1.54, 1.807) is 12.1 Å².